The van der Waals surface area contributed by atoms with E-state index in [0.29, 0.717) is 16.9 Å². The van der Waals surface area contributed by atoms with Crippen LogP contribution < -0.4 is 5.73 Å². The first-order valence-electron chi connectivity index (χ1n) is 6.06. The Morgan fingerprint density at radius 1 is 1.50 bits per heavy atom. The molecule has 2 fully saturated rings. The summed E-state index contributed by atoms with van der Waals surface area (Å²) in [5, 5.41) is 0. The van der Waals surface area contributed by atoms with Crippen molar-refractivity contribution in [1.29, 1.82) is 0 Å². The van der Waals surface area contributed by atoms with E-state index in [-0.39, 0.29) is 5.91 Å². The van der Waals surface area contributed by atoms with Crippen LogP contribution in [0.3, 0.4) is 0 Å². The van der Waals surface area contributed by atoms with Crippen LogP contribution in [0.5, 0.6) is 0 Å². The number of thiocarbonyl (C=S) groups is 1. The van der Waals surface area contributed by atoms with Gasteiger partial charge in [0.2, 0.25) is 5.91 Å². The molecule has 2 saturated carbocycles. The summed E-state index contributed by atoms with van der Waals surface area (Å²) in [6.07, 6.45) is 5.23. The second kappa shape index (κ2) is 3.99. The van der Waals surface area contributed by atoms with Crippen molar-refractivity contribution in [3.63, 3.8) is 0 Å². The predicted octanol–water partition coefficient (Wildman–Crippen LogP) is 1.70. The van der Waals surface area contributed by atoms with Crippen molar-refractivity contribution in [2.24, 2.45) is 17.1 Å². The molecule has 0 aromatic rings. The zero-order chi connectivity index (χ0) is 11.9. The first-order chi connectivity index (χ1) is 7.49. The Morgan fingerprint density at radius 2 is 2.06 bits per heavy atom. The lowest BCUT2D eigenvalue weighted by molar-refractivity contribution is -0.142. The smallest absolute Gasteiger partial charge is 0.235 e. The summed E-state index contributed by atoms with van der Waals surface area (Å²) in [6.45, 7) is 2.13. The van der Waals surface area contributed by atoms with Crippen molar-refractivity contribution < 1.29 is 4.79 Å². The van der Waals surface area contributed by atoms with Gasteiger partial charge in [-0.1, -0.05) is 18.6 Å². The zero-order valence-electron chi connectivity index (χ0n) is 10.0. The molecule has 0 saturated heterocycles. The average Bonchev–Trinajstić information content (AvgIpc) is 2.95. The SMILES string of the molecule is CC(C1CC1)N(C)C(=O)C1(C(N)=S)CCC1. The lowest BCUT2D eigenvalue weighted by atomic mass is 9.67. The molecule has 0 heterocycles. The van der Waals surface area contributed by atoms with Crippen LogP contribution in [-0.2, 0) is 4.79 Å². The Hall–Kier alpha value is -0.640. The normalized spacial score (nSPS) is 24.4. The first-order valence-corrected chi connectivity index (χ1v) is 6.47. The predicted molar refractivity (Wildman–Crippen MR) is 68.0 cm³/mol. The van der Waals surface area contributed by atoms with E-state index >= 15 is 0 Å². The van der Waals surface area contributed by atoms with Crippen molar-refractivity contribution in [1.82, 2.24) is 4.90 Å². The lowest BCUT2D eigenvalue weighted by Crippen LogP contribution is -2.55. The molecule has 4 heteroatoms. The average molecular weight is 240 g/mol. The molecule has 1 unspecified atom stereocenters. The van der Waals surface area contributed by atoms with E-state index in [1.807, 2.05) is 11.9 Å². The maximum atomic E-state index is 12.4. The molecule has 90 valence electrons. The van der Waals surface area contributed by atoms with Crippen LogP contribution in [-0.4, -0.2) is 28.9 Å². The monoisotopic (exact) mass is 240 g/mol. The van der Waals surface area contributed by atoms with E-state index in [1.165, 1.54) is 12.8 Å². The summed E-state index contributed by atoms with van der Waals surface area (Å²) < 4.78 is 0. The maximum absolute atomic E-state index is 12.4. The Kier molecular flexibility index (Phi) is 2.95. The Balaban J connectivity index is 2.07. The van der Waals surface area contributed by atoms with Crippen molar-refractivity contribution >= 4 is 23.1 Å². The minimum atomic E-state index is -0.507. The van der Waals surface area contributed by atoms with Crippen molar-refractivity contribution in [3.8, 4) is 0 Å². The second-order valence-corrected chi connectivity index (χ2v) is 5.73. The molecule has 16 heavy (non-hydrogen) atoms. The van der Waals surface area contributed by atoms with Gasteiger partial charge in [-0.25, -0.2) is 0 Å². The van der Waals surface area contributed by atoms with Crippen LogP contribution in [0, 0.1) is 11.3 Å². The van der Waals surface area contributed by atoms with Crippen LogP contribution in [0.1, 0.15) is 39.0 Å². The molecule has 2 N–H and O–H groups in total. The van der Waals surface area contributed by atoms with Gasteiger partial charge in [-0.15, -0.1) is 0 Å². The molecule has 0 radical (unpaired) electrons. The van der Waals surface area contributed by atoms with Gasteiger partial charge in [0.05, 0.1) is 10.4 Å². The molecule has 0 aliphatic heterocycles. The van der Waals surface area contributed by atoms with Crippen LogP contribution in [0.15, 0.2) is 0 Å². The van der Waals surface area contributed by atoms with Gasteiger partial charge in [0.25, 0.3) is 0 Å². The molecule has 1 atom stereocenters. The maximum Gasteiger partial charge on any atom is 0.235 e. The molecule has 0 bridgehead atoms. The lowest BCUT2D eigenvalue weighted by Gasteiger charge is -2.43. The molecule has 0 spiro atoms. The van der Waals surface area contributed by atoms with Crippen LogP contribution in [0.4, 0.5) is 0 Å². The fourth-order valence-corrected chi connectivity index (χ4v) is 2.80. The molecule has 3 nitrogen and oxygen atoms in total. The topological polar surface area (TPSA) is 46.3 Å². The number of amides is 1. The second-order valence-electron chi connectivity index (χ2n) is 5.29. The fourth-order valence-electron chi connectivity index (χ4n) is 2.51. The quantitative estimate of drug-likeness (QED) is 0.761. The van der Waals surface area contributed by atoms with E-state index in [2.05, 4.69) is 6.92 Å². The summed E-state index contributed by atoms with van der Waals surface area (Å²) in [6, 6.07) is 0.333. The third kappa shape index (κ3) is 1.73. The van der Waals surface area contributed by atoms with Crippen molar-refractivity contribution in [3.05, 3.63) is 0 Å². The summed E-state index contributed by atoms with van der Waals surface area (Å²) in [4.78, 5) is 14.7. The van der Waals surface area contributed by atoms with Gasteiger partial charge in [-0.05, 0) is 38.5 Å². The van der Waals surface area contributed by atoms with E-state index in [4.69, 9.17) is 18.0 Å². The molecule has 0 aromatic carbocycles. The molecule has 1 amide bonds. The highest BCUT2D eigenvalue weighted by molar-refractivity contribution is 7.80. The Morgan fingerprint density at radius 3 is 2.38 bits per heavy atom. The molecule has 2 aliphatic rings. The summed E-state index contributed by atoms with van der Waals surface area (Å²) in [7, 11) is 1.89. The van der Waals surface area contributed by atoms with E-state index in [0.717, 1.165) is 19.3 Å². The van der Waals surface area contributed by atoms with Gasteiger partial charge in [0.1, 0.15) is 0 Å². The van der Waals surface area contributed by atoms with Crippen LogP contribution in [0.25, 0.3) is 0 Å². The zero-order valence-corrected chi connectivity index (χ0v) is 10.8. The molecular formula is C12H20N2OS. The summed E-state index contributed by atoms with van der Waals surface area (Å²) in [5.74, 6) is 0.836. The largest absolute Gasteiger partial charge is 0.392 e. The number of rotatable bonds is 4. The van der Waals surface area contributed by atoms with Gasteiger partial charge in [-0.3, -0.25) is 4.79 Å². The number of carbonyl (C=O) groups excluding carboxylic acids is 1. The third-order valence-electron chi connectivity index (χ3n) is 4.32. The minimum absolute atomic E-state index is 0.144. The van der Waals surface area contributed by atoms with Gasteiger partial charge in [0, 0.05) is 13.1 Å². The highest BCUT2D eigenvalue weighted by Gasteiger charge is 2.49. The Labute approximate surface area is 102 Å². The minimum Gasteiger partial charge on any atom is -0.392 e. The van der Waals surface area contributed by atoms with Crippen LogP contribution in [0.2, 0.25) is 0 Å². The molecule has 2 aliphatic carbocycles. The molecular weight excluding hydrogens is 220 g/mol. The highest BCUT2D eigenvalue weighted by atomic mass is 32.1. The van der Waals surface area contributed by atoms with Gasteiger partial charge < -0.3 is 10.6 Å². The highest BCUT2D eigenvalue weighted by Crippen LogP contribution is 2.44. The first kappa shape index (κ1) is 11.8. The molecule has 2 rings (SSSR count). The summed E-state index contributed by atoms with van der Waals surface area (Å²) in [5.41, 5.74) is 5.24. The standard InChI is InChI=1S/C12H20N2OS/c1-8(9-4-5-9)14(2)11(15)12(10(13)16)6-3-7-12/h8-9H,3-7H2,1-2H3,(H2,13,16). The Bertz CT molecular complexity index is 321. The summed E-state index contributed by atoms with van der Waals surface area (Å²) >= 11 is 5.07. The van der Waals surface area contributed by atoms with Crippen LogP contribution >= 0.6 is 12.2 Å². The van der Waals surface area contributed by atoms with Crippen molar-refractivity contribution in [2.45, 2.75) is 45.1 Å². The van der Waals surface area contributed by atoms with Gasteiger partial charge in [0.15, 0.2) is 0 Å². The van der Waals surface area contributed by atoms with E-state index in [9.17, 15) is 4.79 Å². The fraction of sp³-hybridized carbons (Fsp3) is 0.833. The number of hydrogen-bond acceptors (Lipinski definition) is 2. The number of carbonyl (C=O) groups is 1. The number of nitrogens with two attached hydrogens (primary N) is 1. The third-order valence-corrected chi connectivity index (χ3v) is 4.71. The number of hydrogen-bond donors (Lipinski definition) is 1. The number of nitrogens with zero attached hydrogens (tertiary/aromatic N) is 1. The van der Waals surface area contributed by atoms with Gasteiger partial charge >= 0.3 is 0 Å². The van der Waals surface area contributed by atoms with Crippen molar-refractivity contribution in [2.75, 3.05) is 7.05 Å². The van der Waals surface area contributed by atoms with E-state index in [1.54, 1.807) is 0 Å². The van der Waals surface area contributed by atoms with E-state index < -0.39 is 5.41 Å². The molecule has 0 aromatic heterocycles. The van der Waals surface area contributed by atoms with Gasteiger partial charge in [-0.2, -0.15) is 0 Å².